The smallest absolute Gasteiger partial charge is 0.240 e. The first-order chi connectivity index (χ1) is 9.79. The molecule has 1 N–H and O–H groups in total. The highest BCUT2D eigenvalue weighted by molar-refractivity contribution is 5.83. The minimum Gasteiger partial charge on any atom is -0.383 e. The number of nitrogens with one attached hydrogen (secondary N) is 1. The molecule has 0 radical (unpaired) electrons. The van der Waals surface area contributed by atoms with E-state index in [-0.39, 0.29) is 11.9 Å². The number of hydrogen-bond donors (Lipinski definition) is 1. The van der Waals surface area contributed by atoms with Crippen LogP contribution in [0.4, 0.5) is 0 Å². The van der Waals surface area contributed by atoms with E-state index in [1.165, 1.54) is 11.1 Å². The maximum absolute atomic E-state index is 12.7. The van der Waals surface area contributed by atoms with Crippen molar-refractivity contribution in [1.82, 2.24) is 10.2 Å². The molecule has 0 aromatic heterocycles. The van der Waals surface area contributed by atoms with Gasteiger partial charge in [0.25, 0.3) is 0 Å². The Morgan fingerprint density at radius 3 is 2.80 bits per heavy atom. The molecule has 1 amide bonds. The number of rotatable bonds is 5. The van der Waals surface area contributed by atoms with Gasteiger partial charge in [0, 0.05) is 26.2 Å². The highest BCUT2D eigenvalue weighted by Gasteiger charge is 2.36. The van der Waals surface area contributed by atoms with Crippen molar-refractivity contribution in [3.8, 4) is 0 Å². The highest BCUT2D eigenvalue weighted by Crippen LogP contribution is 2.28. The SMILES string of the molecule is COCCN(C(=O)C1Cc2ccccc2CN1)C1CC1. The molecule has 1 aromatic rings. The van der Waals surface area contributed by atoms with Gasteiger partial charge >= 0.3 is 0 Å². The van der Waals surface area contributed by atoms with Crippen LogP contribution >= 0.6 is 0 Å². The van der Waals surface area contributed by atoms with Crippen LogP contribution < -0.4 is 5.32 Å². The van der Waals surface area contributed by atoms with E-state index in [9.17, 15) is 4.79 Å². The summed E-state index contributed by atoms with van der Waals surface area (Å²) in [5.74, 6) is 0.235. The minimum absolute atomic E-state index is 0.0812. The van der Waals surface area contributed by atoms with Crippen LogP contribution in [0.5, 0.6) is 0 Å². The Morgan fingerprint density at radius 2 is 2.10 bits per heavy atom. The van der Waals surface area contributed by atoms with Crippen molar-refractivity contribution in [3.63, 3.8) is 0 Å². The number of ether oxygens (including phenoxy) is 1. The zero-order valence-corrected chi connectivity index (χ0v) is 12.0. The molecule has 1 aromatic carbocycles. The van der Waals surface area contributed by atoms with Crippen molar-refractivity contribution in [1.29, 1.82) is 0 Å². The van der Waals surface area contributed by atoms with Crippen LogP contribution in [0.2, 0.25) is 0 Å². The molecule has 1 aliphatic carbocycles. The van der Waals surface area contributed by atoms with Crippen molar-refractivity contribution in [2.45, 2.75) is 37.9 Å². The van der Waals surface area contributed by atoms with Crippen LogP contribution in [0.15, 0.2) is 24.3 Å². The van der Waals surface area contributed by atoms with Gasteiger partial charge in [-0.25, -0.2) is 0 Å². The van der Waals surface area contributed by atoms with Gasteiger partial charge in [0.2, 0.25) is 5.91 Å². The van der Waals surface area contributed by atoms with E-state index < -0.39 is 0 Å². The molecule has 1 aliphatic heterocycles. The molecule has 1 fully saturated rings. The van der Waals surface area contributed by atoms with Crippen LogP contribution in [-0.4, -0.2) is 43.2 Å². The lowest BCUT2D eigenvalue weighted by Gasteiger charge is -2.31. The average molecular weight is 274 g/mol. The molecule has 0 spiro atoms. The predicted molar refractivity (Wildman–Crippen MR) is 77.4 cm³/mol. The zero-order chi connectivity index (χ0) is 13.9. The molecule has 1 unspecified atom stereocenters. The van der Waals surface area contributed by atoms with Gasteiger partial charge in [0.05, 0.1) is 12.6 Å². The Morgan fingerprint density at radius 1 is 1.35 bits per heavy atom. The van der Waals surface area contributed by atoms with Crippen molar-refractivity contribution >= 4 is 5.91 Å². The van der Waals surface area contributed by atoms with Gasteiger partial charge in [0.1, 0.15) is 0 Å². The Bertz CT molecular complexity index is 485. The van der Waals surface area contributed by atoms with E-state index in [1.54, 1.807) is 7.11 Å². The summed E-state index contributed by atoms with van der Waals surface area (Å²) in [6, 6.07) is 8.73. The van der Waals surface area contributed by atoms with Crippen molar-refractivity contribution < 1.29 is 9.53 Å². The van der Waals surface area contributed by atoms with Crippen molar-refractivity contribution in [2.24, 2.45) is 0 Å². The molecule has 0 bridgehead atoms. The summed E-state index contributed by atoms with van der Waals surface area (Å²) < 4.78 is 5.13. The van der Waals surface area contributed by atoms with E-state index in [0.29, 0.717) is 19.2 Å². The van der Waals surface area contributed by atoms with Crippen LogP contribution in [0, 0.1) is 0 Å². The molecular formula is C16H22N2O2. The number of hydrogen-bond acceptors (Lipinski definition) is 3. The second kappa shape index (κ2) is 5.94. The number of carbonyl (C=O) groups excluding carboxylic acids is 1. The monoisotopic (exact) mass is 274 g/mol. The molecule has 3 rings (SSSR count). The normalized spacial score (nSPS) is 21.4. The Hall–Kier alpha value is -1.39. The molecule has 0 saturated heterocycles. The van der Waals surface area contributed by atoms with E-state index >= 15 is 0 Å². The fourth-order valence-electron chi connectivity index (χ4n) is 2.88. The largest absolute Gasteiger partial charge is 0.383 e. The van der Waals surface area contributed by atoms with Crippen LogP contribution in [0.1, 0.15) is 24.0 Å². The first kappa shape index (κ1) is 13.6. The summed E-state index contributed by atoms with van der Waals surface area (Å²) in [6.07, 6.45) is 3.07. The molecule has 20 heavy (non-hydrogen) atoms. The Kier molecular flexibility index (Phi) is 4.03. The molecule has 1 atom stereocenters. The first-order valence-corrected chi connectivity index (χ1v) is 7.39. The highest BCUT2D eigenvalue weighted by atomic mass is 16.5. The lowest BCUT2D eigenvalue weighted by molar-refractivity contribution is -0.134. The van der Waals surface area contributed by atoms with Crippen molar-refractivity contribution in [3.05, 3.63) is 35.4 Å². The summed E-state index contributed by atoms with van der Waals surface area (Å²) in [5, 5.41) is 3.38. The fourth-order valence-corrected chi connectivity index (χ4v) is 2.88. The Balaban J connectivity index is 1.68. The summed E-state index contributed by atoms with van der Waals surface area (Å²) in [4.78, 5) is 14.7. The third-order valence-electron chi connectivity index (χ3n) is 4.19. The quantitative estimate of drug-likeness (QED) is 0.881. The minimum atomic E-state index is -0.0812. The molecule has 1 saturated carbocycles. The van der Waals surface area contributed by atoms with Crippen LogP contribution in [0.25, 0.3) is 0 Å². The van der Waals surface area contributed by atoms with Crippen LogP contribution in [-0.2, 0) is 22.5 Å². The number of amides is 1. The fraction of sp³-hybridized carbons (Fsp3) is 0.562. The number of methoxy groups -OCH3 is 1. The lowest BCUT2D eigenvalue weighted by Crippen LogP contribution is -2.51. The third kappa shape index (κ3) is 2.86. The van der Waals surface area contributed by atoms with Crippen molar-refractivity contribution in [2.75, 3.05) is 20.3 Å². The summed E-state index contributed by atoms with van der Waals surface area (Å²) in [5.41, 5.74) is 2.61. The van der Waals surface area contributed by atoms with Gasteiger partial charge in [-0.15, -0.1) is 0 Å². The number of carbonyl (C=O) groups is 1. The third-order valence-corrected chi connectivity index (χ3v) is 4.19. The number of benzene rings is 1. The maximum Gasteiger partial charge on any atom is 0.240 e. The predicted octanol–water partition coefficient (Wildman–Crippen LogP) is 1.34. The standard InChI is InChI=1S/C16H22N2O2/c1-20-9-8-18(14-6-7-14)16(19)15-10-12-4-2-3-5-13(12)11-17-15/h2-5,14-15,17H,6-11H2,1H3. The van der Waals surface area contributed by atoms with E-state index in [2.05, 4.69) is 29.6 Å². The molecule has 108 valence electrons. The molecule has 4 nitrogen and oxygen atoms in total. The van der Waals surface area contributed by atoms with Crippen LogP contribution in [0.3, 0.4) is 0 Å². The van der Waals surface area contributed by atoms with Gasteiger partial charge in [-0.3, -0.25) is 4.79 Å². The van der Waals surface area contributed by atoms with Gasteiger partial charge < -0.3 is 15.0 Å². The summed E-state index contributed by atoms with van der Waals surface area (Å²) in [7, 11) is 1.69. The summed E-state index contributed by atoms with van der Waals surface area (Å²) in [6.45, 7) is 2.11. The van der Waals surface area contributed by atoms with E-state index in [4.69, 9.17) is 4.74 Å². The topological polar surface area (TPSA) is 41.6 Å². The average Bonchev–Trinajstić information content (AvgIpc) is 3.32. The molecule has 4 heteroatoms. The second-order valence-electron chi connectivity index (χ2n) is 5.66. The maximum atomic E-state index is 12.7. The van der Waals surface area contributed by atoms with Gasteiger partial charge in [-0.1, -0.05) is 24.3 Å². The van der Waals surface area contributed by atoms with E-state index in [0.717, 1.165) is 25.8 Å². The molecular weight excluding hydrogens is 252 g/mol. The van der Waals surface area contributed by atoms with E-state index in [1.807, 2.05) is 4.90 Å². The van der Waals surface area contributed by atoms with Gasteiger partial charge in [-0.2, -0.15) is 0 Å². The summed E-state index contributed by atoms with van der Waals surface area (Å²) >= 11 is 0. The van der Waals surface area contributed by atoms with Gasteiger partial charge in [-0.05, 0) is 30.4 Å². The second-order valence-corrected chi connectivity index (χ2v) is 5.66. The van der Waals surface area contributed by atoms with Gasteiger partial charge in [0.15, 0.2) is 0 Å². The number of fused-ring (bicyclic) bond motifs is 1. The molecule has 2 aliphatic rings. The first-order valence-electron chi connectivity index (χ1n) is 7.39. The Labute approximate surface area is 120 Å². The molecule has 1 heterocycles. The lowest BCUT2D eigenvalue weighted by atomic mass is 9.95. The zero-order valence-electron chi connectivity index (χ0n) is 12.0. The number of nitrogens with zero attached hydrogens (tertiary/aromatic N) is 1.